The first-order chi connectivity index (χ1) is 7.58. The van der Waals surface area contributed by atoms with Crippen molar-refractivity contribution >= 4 is 28.3 Å². The molecule has 1 rings (SSSR count). The van der Waals surface area contributed by atoms with Gasteiger partial charge in [-0.05, 0) is 30.0 Å². The highest BCUT2D eigenvalue weighted by atomic mass is 79.9. The van der Waals surface area contributed by atoms with Crippen molar-refractivity contribution in [3.63, 3.8) is 0 Å². The summed E-state index contributed by atoms with van der Waals surface area (Å²) in [7, 11) is 0. The molecule has 2 nitrogen and oxygen atoms in total. The number of halogens is 2. The third-order valence-corrected chi connectivity index (χ3v) is 2.83. The summed E-state index contributed by atoms with van der Waals surface area (Å²) in [4.78, 5) is 0. The summed E-state index contributed by atoms with van der Waals surface area (Å²) in [6.07, 6.45) is 0.609. The van der Waals surface area contributed by atoms with Gasteiger partial charge in [-0.2, -0.15) is 0 Å². The molecule has 1 unspecified atom stereocenters. The lowest BCUT2D eigenvalue weighted by molar-refractivity contribution is 0.146. The van der Waals surface area contributed by atoms with Gasteiger partial charge in [0.15, 0.2) is 0 Å². The molecular weight excluding hydrogens is 302 g/mol. The van der Waals surface area contributed by atoms with Crippen molar-refractivity contribution < 1.29 is 5.11 Å². The quantitative estimate of drug-likeness (QED) is 0.841. The molecule has 1 aromatic carbocycles. The molecule has 0 amide bonds. The van der Waals surface area contributed by atoms with Crippen LogP contribution in [0.2, 0.25) is 0 Å². The zero-order valence-electron chi connectivity index (χ0n) is 10.3. The number of aliphatic hydroxyl groups excluding tert-OH is 1. The maximum absolute atomic E-state index is 9.68. The summed E-state index contributed by atoms with van der Waals surface area (Å²) in [5.74, 6) is 0.544. The normalized spacial score (nSPS) is 12.3. The molecule has 0 aromatic heterocycles. The van der Waals surface area contributed by atoms with E-state index in [1.165, 1.54) is 5.56 Å². The molecule has 0 saturated carbocycles. The lowest BCUT2D eigenvalue weighted by Gasteiger charge is -2.13. The molecule has 0 aliphatic carbocycles. The lowest BCUT2D eigenvalue weighted by atomic mass is 10.1. The molecule has 0 bridgehead atoms. The topological polar surface area (TPSA) is 32.3 Å². The van der Waals surface area contributed by atoms with E-state index in [2.05, 4.69) is 47.2 Å². The summed E-state index contributed by atoms with van der Waals surface area (Å²) in [6.45, 7) is 5.70. The average molecular weight is 323 g/mol. The van der Waals surface area contributed by atoms with Gasteiger partial charge in [0.25, 0.3) is 0 Å². The molecule has 0 spiro atoms. The number of benzene rings is 1. The van der Waals surface area contributed by atoms with Gasteiger partial charge in [0.1, 0.15) is 0 Å². The molecule has 0 heterocycles. The largest absolute Gasteiger partial charge is 0.392 e. The van der Waals surface area contributed by atoms with Crippen LogP contribution in [0.1, 0.15) is 25.8 Å². The molecule has 1 atom stereocenters. The molecule has 4 heteroatoms. The van der Waals surface area contributed by atoms with Crippen molar-refractivity contribution in [2.45, 2.75) is 32.9 Å². The first kappa shape index (κ1) is 16.9. The van der Waals surface area contributed by atoms with Crippen LogP contribution in [-0.2, 0) is 6.54 Å². The lowest BCUT2D eigenvalue weighted by Crippen LogP contribution is -2.27. The molecule has 0 saturated heterocycles. The third-order valence-electron chi connectivity index (χ3n) is 2.34. The minimum Gasteiger partial charge on any atom is -0.392 e. The van der Waals surface area contributed by atoms with E-state index in [9.17, 15) is 5.11 Å². The van der Waals surface area contributed by atoms with Gasteiger partial charge in [-0.25, -0.2) is 0 Å². The fraction of sp³-hybridized carbons (Fsp3) is 0.538. The van der Waals surface area contributed by atoms with E-state index in [0.717, 1.165) is 17.4 Å². The van der Waals surface area contributed by atoms with Crippen LogP contribution in [0.3, 0.4) is 0 Å². The Morgan fingerprint density at radius 3 is 2.65 bits per heavy atom. The van der Waals surface area contributed by atoms with Crippen LogP contribution in [0, 0.1) is 5.92 Å². The van der Waals surface area contributed by atoms with Crippen LogP contribution < -0.4 is 5.32 Å². The summed E-state index contributed by atoms with van der Waals surface area (Å²) in [6, 6.07) is 8.19. The fourth-order valence-electron chi connectivity index (χ4n) is 1.66. The molecule has 0 aliphatic rings. The maximum Gasteiger partial charge on any atom is 0.0667 e. The highest BCUT2D eigenvalue weighted by Gasteiger charge is 2.05. The number of hydrogen-bond donors (Lipinski definition) is 2. The van der Waals surface area contributed by atoms with Crippen LogP contribution in [0.5, 0.6) is 0 Å². The van der Waals surface area contributed by atoms with E-state index in [0.29, 0.717) is 12.5 Å². The minimum absolute atomic E-state index is 0. The Morgan fingerprint density at radius 2 is 2.06 bits per heavy atom. The van der Waals surface area contributed by atoms with E-state index in [-0.39, 0.29) is 18.5 Å². The number of aliphatic hydroxyl groups is 1. The number of nitrogens with one attached hydrogen (secondary N) is 1. The van der Waals surface area contributed by atoms with E-state index in [4.69, 9.17) is 0 Å². The molecule has 0 radical (unpaired) electrons. The molecular formula is C13H21BrClNO. The summed E-state index contributed by atoms with van der Waals surface area (Å²) < 4.78 is 1.09. The van der Waals surface area contributed by atoms with Gasteiger partial charge >= 0.3 is 0 Å². The standard InChI is InChI=1S/C13H20BrNO.ClH/c1-10(2)6-13(16)9-15-8-11-4-3-5-12(14)7-11;/h3-5,7,10,13,15-16H,6,8-9H2,1-2H3;1H. The van der Waals surface area contributed by atoms with Gasteiger partial charge in [0, 0.05) is 17.6 Å². The Hall–Kier alpha value is -0.0900. The highest BCUT2D eigenvalue weighted by molar-refractivity contribution is 9.10. The second-order valence-electron chi connectivity index (χ2n) is 4.54. The van der Waals surface area contributed by atoms with Gasteiger partial charge in [0.2, 0.25) is 0 Å². The monoisotopic (exact) mass is 321 g/mol. The van der Waals surface area contributed by atoms with Gasteiger partial charge in [-0.1, -0.05) is 41.9 Å². The second-order valence-corrected chi connectivity index (χ2v) is 5.46. The Morgan fingerprint density at radius 1 is 1.35 bits per heavy atom. The van der Waals surface area contributed by atoms with Crippen LogP contribution in [0.4, 0.5) is 0 Å². The third kappa shape index (κ3) is 7.77. The van der Waals surface area contributed by atoms with Crippen molar-refractivity contribution in [1.82, 2.24) is 5.32 Å². The molecule has 0 fully saturated rings. The molecule has 98 valence electrons. The smallest absolute Gasteiger partial charge is 0.0667 e. The van der Waals surface area contributed by atoms with E-state index < -0.39 is 0 Å². The zero-order valence-corrected chi connectivity index (χ0v) is 12.7. The Balaban J connectivity index is 0.00000256. The zero-order chi connectivity index (χ0) is 12.0. The summed E-state index contributed by atoms with van der Waals surface area (Å²) >= 11 is 3.44. The highest BCUT2D eigenvalue weighted by Crippen LogP contribution is 2.11. The number of rotatable bonds is 6. The molecule has 0 aliphatic heterocycles. The molecule has 1 aromatic rings. The van der Waals surface area contributed by atoms with Gasteiger partial charge in [-0.3, -0.25) is 0 Å². The van der Waals surface area contributed by atoms with Crippen LogP contribution in [0.25, 0.3) is 0 Å². The second kappa shape index (κ2) is 8.92. The van der Waals surface area contributed by atoms with Crippen molar-refractivity contribution in [1.29, 1.82) is 0 Å². The first-order valence-corrected chi connectivity index (χ1v) is 6.50. The number of hydrogen-bond acceptors (Lipinski definition) is 2. The summed E-state index contributed by atoms with van der Waals surface area (Å²) in [5.41, 5.74) is 1.23. The van der Waals surface area contributed by atoms with Crippen LogP contribution in [0.15, 0.2) is 28.7 Å². The van der Waals surface area contributed by atoms with Crippen LogP contribution >= 0.6 is 28.3 Å². The fourth-order valence-corrected chi connectivity index (χ4v) is 2.10. The Bertz CT molecular complexity index is 320. The predicted octanol–water partition coefficient (Wildman–Crippen LogP) is 3.37. The average Bonchev–Trinajstić information content (AvgIpc) is 2.16. The Labute approximate surface area is 118 Å². The maximum atomic E-state index is 9.68. The van der Waals surface area contributed by atoms with Gasteiger partial charge < -0.3 is 10.4 Å². The first-order valence-electron chi connectivity index (χ1n) is 5.71. The Kier molecular flexibility index (Phi) is 8.88. The van der Waals surface area contributed by atoms with E-state index in [1.54, 1.807) is 0 Å². The van der Waals surface area contributed by atoms with Crippen molar-refractivity contribution in [2.75, 3.05) is 6.54 Å². The van der Waals surface area contributed by atoms with Crippen LogP contribution in [-0.4, -0.2) is 17.8 Å². The van der Waals surface area contributed by atoms with Gasteiger partial charge in [0.05, 0.1) is 6.10 Å². The van der Waals surface area contributed by atoms with Crippen molar-refractivity contribution in [3.05, 3.63) is 34.3 Å². The van der Waals surface area contributed by atoms with Crippen molar-refractivity contribution in [3.8, 4) is 0 Å². The minimum atomic E-state index is -0.243. The molecule has 17 heavy (non-hydrogen) atoms. The SMILES string of the molecule is CC(C)CC(O)CNCc1cccc(Br)c1.Cl. The van der Waals surface area contributed by atoms with E-state index >= 15 is 0 Å². The van der Waals surface area contributed by atoms with Gasteiger partial charge in [-0.15, -0.1) is 12.4 Å². The molecule has 2 N–H and O–H groups in total. The predicted molar refractivity (Wildman–Crippen MR) is 78.6 cm³/mol. The summed E-state index contributed by atoms with van der Waals surface area (Å²) in [5, 5.41) is 12.9. The van der Waals surface area contributed by atoms with E-state index in [1.807, 2.05) is 12.1 Å². The van der Waals surface area contributed by atoms with Crippen molar-refractivity contribution in [2.24, 2.45) is 5.92 Å².